The van der Waals surface area contributed by atoms with Gasteiger partial charge >= 0.3 is 0 Å². The van der Waals surface area contributed by atoms with Crippen LogP contribution in [0.3, 0.4) is 0 Å². The molecule has 3 heterocycles. The van der Waals surface area contributed by atoms with E-state index in [-0.39, 0.29) is 35.5 Å². The molecule has 0 amide bonds. The number of nitrogens with one attached hydrogen (secondary N) is 2. The number of aliphatic imine (C=N–C) groups is 1. The van der Waals surface area contributed by atoms with Gasteiger partial charge in [0.15, 0.2) is 5.96 Å². The van der Waals surface area contributed by atoms with Crippen LogP contribution in [-0.2, 0) is 11.3 Å². The lowest BCUT2D eigenvalue weighted by molar-refractivity contribution is -0.0835. The molecule has 2 saturated heterocycles. The van der Waals surface area contributed by atoms with Crippen molar-refractivity contribution in [1.29, 1.82) is 0 Å². The maximum Gasteiger partial charge on any atom is 0.191 e. The van der Waals surface area contributed by atoms with Crippen LogP contribution in [-0.4, -0.2) is 50.3 Å². The summed E-state index contributed by atoms with van der Waals surface area (Å²) in [5.74, 6) is 2.45. The van der Waals surface area contributed by atoms with Crippen LogP contribution in [0.5, 0.6) is 0 Å². The average molecular weight is 530 g/mol. The van der Waals surface area contributed by atoms with Gasteiger partial charge in [-0.25, -0.2) is 4.98 Å². The van der Waals surface area contributed by atoms with Crippen LogP contribution >= 0.6 is 24.0 Å². The van der Waals surface area contributed by atoms with E-state index in [0.717, 1.165) is 51.0 Å². The Morgan fingerprint density at radius 1 is 1.20 bits per heavy atom. The molecule has 2 fully saturated rings. The van der Waals surface area contributed by atoms with Crippen LogP contribution in [0.25, 0.3) is 0 Å². The summed E-state index contributed by atoms with van der Waals surface area (Å²) in [7, 11) is 1.83. The Labute approximate surface area is 199 Å². The lowest BCUT2D eigenvalue weighted by atomic mass is 9.78. The normalized spacial score (nSPS) is 22.9. The number of guanidine groups is 1. The maximum atomic E-state index is 6.11. The fourth-order valence-electron chi connectivity index (χ4n) is 4.51. The molecule has 2 aliphatic rings. The molecular formula is C23H40IN5O. The van der Waals surface area contributed by atoms with Gasteiger partial charge in [-0.05, 0) is 55.2 Å². The second kappa shape index (κ2) is 12.1. The van der Waals surface area contributed by atoms with Gasteiger partial charge in [0.05, 0.1) is 6.10 Å². The smallest absolute Gasteiger partial charge is 0.191 e. The molecule has 2 aliphatic heterocycles. The van der Waals surface area contributed by atoms with Crippen LogP contribution in [0.1, 0.15) is 58.4 Å². The molecule has 0 aliphatic carbocycles. The zero-order valence-corrected chi connectivity index (χ0v) is 21.4. The van der Waals surface area contributed by atoms with Gasteiger partial charge in [0.1, 0.15) is 5.82 Å². The molecule has 1 aromatic rings. The van der Waals surface area contributed by atoms with Gasteiger partial charge < -0.3 is 20.3 Å². The van der Waals surface area contributed by atoms with E-state index in [4.69, 9.17) is 4.74 Å². The van der Waals surface area contributed by atoms with Crippen LogP contribution in [0.4, 0.5) is 5.82 Å². The van der Waals surface area contributed by atoms with E-state index in [1.807, 2.05) is 13.2 Å². The largest absolute Gasteiger partial charge is 0.377 e. The Morgan fingerprint density at radius 2 is 1.97 bits per heavy atom. The van der Waals surface area contributed by atoms with Gasteiger partial charge in [0, 0.05) is 51.9 Å². The lowest BCUT2D eigenvalue weighted by Crippen LogP contribution is -2.47. The summed E-state index contributed by atoms with van der Waals surface area (Å²) in [4.78, 5) is 11.4. The number of hydrogen-bond donors (Lipinski definition) is 2. The Balaban J connectivity index is 0.00000320. The summed E-state index contributed by atoms with van der Waals surface area (Å²) < 4.78 is 6.11. The van der Waals surface area contributed by atoms with Gasteiger partial charge in [0.25, 0.3) is 0 Å². The van der Waals surface area contributed by atoms with Crippen molar-refractivity contribution in [3.8, 4) is 0 Å². The summed E-state index contributed by atoms with van der Waals surface area (Å²) in [6, 6.07) is 4.29. The molecule has 0 saturated carbocycles. The zero-order chi connectivity index (χ0) is 20.7. The maximum absolute atomic E-state index is 6.11. The SMILES string of the molecule is CN=C(NCc1ccnc(N2CCCCC2)c1)NCC1CCCOC1C(C)(C)C.I. The molecule has 2 unspecified atom stereocenters. The number of piperidine rings is 1. The number of hydrogen-bond acceptors (Lipinski definition) is 4. The summed E-state index contributed by atoms with van der Waals surface area (Å²) in [6.07, 6.45) is 8.42. The predicted molar refractivity (Wildman–Crippen MR) is 136 cm³/mol. The monoisotopic (exact) mass is 529 g/mol. The van der Waals surface area contributed by atoms with Crippen LogP contribution in [0, 0.1) is 11.3 Å². The van der Waals surface area contributed by atoms with Gasteiger partial charge in [-0.2, -0.15) is 0 Å². The standard InChI is InChI=1S/C23H39N5O.HI/c1-23(2,3)21-19(9-8-14-29-21)17-27-22(24-4)26-16-18-10-11-25-20(15-18)28-12-6-5-7-13-28;/h10-11,15,19,21H,5-9,12-14,16-17H2,1-4H3,(H2,24,26,27);1H. The van der Waals surface area contributed by atoms with E-state index >= 15 is 0 Å². The van der Waals surface area contributed by atoms with Crippen LogP contribution in [0.2, 0.25) is 0 Å². The summed E-state index contributed by atoms with van der Waals surface area (Å²) in [5, 5.41) is 6.98. The average Bonchev–Trinajstić information content (AvgIpc) is 2.74. The van der Waals surface area contributed by atoms with Gasteiger partial charge in [-0.3, -0.25) is 4.99 Å². The Morgan fingerprint density at radius 3 is 2.67 bits per heavy atom. The number of ether oxygens (including phenoxy) is 1. The Bertz CT molecular complexity index is 670. The zero-order valence-electron chi connectivity index (χ0n) is 19.1. The lowest BCUT2D eigenvalue weighted by Gasteiger charge is -2.40. The van der Waals surface area contributed by atoms with E-state index in [1.54, 1.807) is 0 Å². The Hall–Kier alpha value is -1.09. The molecule has 3 rings (SSSR count). The molecule has 0 bridgehead atoms. The molecule has 30 heavy (non-hydrogen) atoms. The number of aromatic nitrogens is 1. The van der Waals surface area contributed by atoms with Gasteiger partial charge in [0.2, 0.25) is 0 Å². The third-order valence-electron chi connectivity index (χ3n) is 6.00. The van der Waals surface area contributed by atoms with E-state index < -0.39 is 0 Å². The van der Waals surface area contributed by atoms with Crippen molar-refractivity contribution >= 4 is 35.8 Å². The van der Waals surface area contributed by atoms with Crippen molar-refractivity contribution in [2.75, 3.05) is 38.2 Å². The third kappa shape index (κ3) is 7.25. The van der Waals surface area contributed by atoms with Crippen molar-refractivity contribution in [2.24, 2.45) is 16.3 Å². The molecule has 7 heteroatoms. The van der Waals surface area contributed by atoms with Crippen LogP contribution < -0.4 is 15.5 Å². The number of pyridine rings is 1. The molecule has 2 atom stereocenters. The van der Waals surface area contributed by atoms with Crippen LogP contribution in [0.15, 0.2) is 23.3 Å². The molecule has 2 N–H and O–H groups in total. The second-order valence-electron chi connectivity index (χ2n) is 9.44. The van der Waals surface area contributed by atoms with Crippen molar-refractivity contribution < 1.29 is 4.74 Å². The highest BCUT2D eigenvalue weighted by atomic mass is 127. The van der Waals surface area contributed by atoms with Crippen molar-refractivity contribution in [1.82, 2.24) is 15.6 Å². The molecule has 6 nitrogen and oxygen atoms in total. The van der Waals surface area contributed by atoms with Gasteiger partial charge in [-0.1, -0.05) is 20.8 Å². The third-order valence-corrected chi connectivity index (χ3v) is 6.00. The van der Waals surface area contributed by atoms with Crippen molar-refractivity contribution in [3.63, 3.8) is 0 Å². The molecule has 0 radical (unpaired) electrons. The van der Waals surface area contributed by atoms with Crippen molar-refractivity contribution in [2.45, 2.75) is 65.5 Å². The van der Waals surface area contributed by atoms with E-state index in [1.165, 1.54) is 31.2 Å². The summed E-state index contributed by atoms with van der Waals surface area (Å²) in [5.41, 5.74) is 1.39. The number of anilines is 1. The van der Waals surface area contributed by atoms with Gasteiger partial charge in [-0.15, -0.1) is 24.0 Å². The van der Waals surface area contributed by atoms with Crippen molar-refractivity contribution in [3.05, 3.63) is 23.9 Å². The fraction of sp³-hybridized carbons (Fsp3) is 0.739. The second-order valence-corrected chi connectivity index (χ2v) is 9.44. The summed E-state index contributed by atoms with van der Waals surface area (Å²) in [6.45, 7) is 11.6. The molecule has 1 aromatic heterocycles. The van der Waals surface area contributed by atoms with E-state index in [0.29, 0.717) is 5.92 Å². The highest BCUT2D eigenvalue weighted by molar-refractivity contribution is 14.0. The minimum absolute atomic E-state index is 0. The first-order chi connectivity index (χ1) is 14.0. The minimum Gasteiger partial charge on any atom is -0.377 e. The summed E-state index contributed by atoms with van der Waals surface area (Å²) >= 11 is 0. The van der Waals surface area contributed by atoms with E-state index in [2.05, 4.69) is 58.4 Å². The molecule has 0 spiro atoms. The fourth-order valence-corrected chi connectivity index (χ4v) is 4.51. The molecule has 170 valence electrons. The quantitative estimate of drug-likeness (QED) is 0.340. The topological polar surface area (TPSA) is 61.8 Å². The number of rotatable bonds is 5. The Kier molecular flexibility index (Phi) is 10.1. The molecule has 0 aromatic carbocycles. The van der Waals surface area contributed by atoms with E-state index in [9.17, 15) is 0 Å². The number of halogens is 1. The number of nitrogens with zero attached hydrogens (tertiary/aromatic N) is 3. The highest BCUT2D eigenvalue weighted by Gasteiger charge is 2.35. The minimum atomic E-state index is 0. The predicted octanol–water partition coefficient (Wildman–Crippen LogP) is 4.20. The molecular weight excluding hydrogens is 489 g/mol. The first-order valence-corrected chi connectivity index (χ1v) is 11.2. The first kappa shape index (κ1) is 25.2. The first-order valence-electron chi connectivity index (χ1n) is 11.2. The highest BCUT2D eigenvalue weighted by Crippen LogP contribution is 2.33.